The number of ether oxygens (including phenoxy) is 1. The van der Waals surface area contributed by atoms with Crippen LogP contribution in [0.4, 0.5) is 23.2 Å². The predicted octanol–water partition coefficient (Wildman–Crippen LogP) is 3.15. The van der Waals surface area contributed by atoms with Crippen LogP contribution in [0.5, 0.6) is 0 Å². The van der Waals surface area contributed by atoms with Crippen LogP contribution in [0.15, 0.2) is 47.4 Å². The Hall–Kier alpha value is -3.21. The highest BCUT2D eigenvalue weighted by Crippen LogP contribution is 2.24. The molecule has 0 fully saturated rings. The van der Waals surface area contributed by atoms with Crippen LogP contribution in [0.1, 0.15) is 36.5 Å². The largest absolute Gasteiger partial charge is 0.431 e. The van der Waals surface area contributed by atoms with Gasteiger partial charge in [-0.05, 0) is 36.8 Å². The number of nitrogens with one attached hydrogen (secondary N) is 1. The molecule has 0 amide bonds. The first-order valence-corrected chi connectivity index (χ1v) is 8.89. The zero-order valence-corrected chi connectivity index (χ0v) is 15.8. The third-order valence-electron chi connectivity index (χ3n) is 4.28. The highest BCUT2D eigenvalue weighted by molar-refractivity contribution is 5.73. The number of allylic oxidation sites excluding steroid dienone is 1. The molecule has 1 aliphatic rings. The first-order chi connectivity index (χ1) is 14.2. The van der Waals surface area contributed by atoms with Gasteiger partial charge in [0.15, 0.2) is 6.23 Å². The summed E-state index contributed by atoms with van der Waals surface area (Å²) in [7, 11) is 0. The van der Waals surface area contributed by atoms with Gasteiger partial charge in [0, 0.05) is 12.1 Å². The molecule has 0 bridgehead atoms. The lowest BCUT2D eigenvalue weighted by Crippen LogP contribution is -2.30. The number of nitrogens with two attached hydrogens (primary N) is 1. The second-order valence-corrected chi connectivity index (χ2v) is 6.58. The molecule has 30 heavy (non-hydrogen) atoms. The van der Waals surface area contributed by atoms with Crippen molar-refractivity contribution in [1.29, 1.82) is 0 Å². The molecule has 7 nitrogen and oxygen atoms in total. The molecule has 11 heteroatoms. The Morgan fingerprint density at radius 3 is 2.53 bits per heavy atom. The van der Waals surface area contributed by atoms with Crippen molar-refractivity contribution in [2.45, 2.75) is 38.2 Å². The van der Waals surface area contributed by atoms with E-state index in [1.807, 2.05) is 0 Å². The van der Waals surface area contributed by atoms with Gasteiger partial charge in [0.2, 0.25) is 0 Å². The van der Waals surface area contributed by atoms with E-state index >= 15 is 0 Å². The fourth-order valence-electron chi connectivity index (χ4n) is 2.82. The van der Waals surface area contributed by atoms with Gasteiger partial charge in [-0.1, -0.05) is 0 Å². The molecule has 3 rings (SSSR count). The van der Waals surface area contributed by atoms with E-state index in [0.717, 1.165) is 18.5 Å². The molecule has 4 N–H and O–H groups in total. The molecule has 1 aliphatic heterocycles. The Morgan fingerprint density at radius 2 is 1.90 bits per heavy atom. The van der Waals surface area contributed by atoms with Crippen molar-refractivity contribution in [3.05, 3.63) is 65.2 Å². The number of nitrogens with zero attached hydrogens (tertiary/aromatic N) is 3. The lowest BCUT2D eigenvalue weighted by molar-refractivity contribution is 0.144. The van der Waals surface area contributed by atoms with E-state index in [0.29, 0.717) is 5.76 Å². The molecule has 2 unspecified atom stereocenters. The van der Waals surface area contributed by atoms with Crippen LogP contribution in [0.2, 0.25) is 0 Å². The molecule has 0 spiro atoms. The van der Waals surface area contributed by atoms with Gasteiger partial charge in [-0.3, -0.25) is 9.97 Å². The lowest BCUT2D eigenvalue weighted by atomic mass is 10.0. The van der Waals surface area contributed by atoms with Gasteiger partial charge in [0.05, 0.1) is 12.4 Å². The monoisotopic (exact) mass is 425 g/mol. The molecule has 3 atom stereocenters. The second kappa shape index (κ2) is 9.08. The maximum atomic E-state index is 14.7. The van der Waals surface area contributed by atoms with Gasteiger partial charge in [-0.25, -0.2) is 22.6 Å². The number of aliphatic hydroxyl groups excluding tert-OH is 1. The standard InChI is InChI=1S/C19H19F4N5O2/c1-9-4-14(28-19(24)30-9)13(21)6-10-5-11(2-3-12(10)20)27-18(29)16-8-25-15(7-26-16)17(22)23/h2-5,7-8,13-14,17-18,27,29H,6H2,1H3,(H2,24,28)/t13?,14-,18?/m1/s1. The van der Waals surface area contributed by atoms with Gasteiger partial charge in [0.25, 0.3) is 12.4 Å². The van der Waals surface area contributed by atoms with E-state index in [-0.39, 0.29) is 29.4 Å². The maximum absolute atomic E-state index is 14.7. The first kappa shape index (κ1) is 21.5. The van der Waals surface area contributed by atoms with Gasteiger partial charge in [0.1, 0.15) is 35.2 Å². The summed E-state index contributed by atoms with van der Waals surface area (Å²) in [5.41, 5.74) is 5.27. The minimum absolute atomic E-state index is 0.0127. The normalized spacial score (nSPS) is 18.3. The summed E-state index contributed by atoms with van der Waals surface area (Å²) in [4.78, 5) is 11.1. The summed E-state index contributed by atoms with van der Waals surface area (Å²) >= 11 is 0. The van der Waals surface area contributed by atoms with Crippen LogP contribution in [0.3, 0.4) is 0 Å². The topological polar surface area (TPSA) is 106 Å². The fourth-order valence-corrected chi connectivity index (χ4v) is 2.82. The number of anilines is 1. The summed E-state index contributed by atoms with van der Waals surface area (Å²) in [6.07, 6.45) is -2.73. The number of amidine groups is 1. The second-order valence-electron chi connectivity index (χ2n) is 6.58. The number of rotatable bonds is 7. The predicted molar refractivity (Wildman–Crippen MR) is 101 cm³/mol. The van der Waals surface area contributed by atoms with E-state index < -0.39 is 36.4 Å². The number of halogens is 4. The molecule has 0 saturated carbocycles. The maximum Gasteiger partial charge on any atom is 0.287 e. The zero-order chi connectivity index (χ0) is 21.8. The third kappa shape index (κ3) is 5.23. The van der Waals surface area contributed by atoms with Gasteiger partial charge in [-0.2, -0.15) is 0 Å². The summed E-state index contributed by atoms with van der Waals surface area (Å²) in [6.45, 7) is 1.60. The van der Waals surface area contributed by atoms with Gasteiger partial charge < -0.3 is 20.9 Å². The summed E-state index contributed by atoms with van der Waals surface area (Å²) < 4.78 is 59.0. The van der Waals surface area contributed by atoms with E-state index in [4.69, 9.17) is 10.5 Å². The van der Waals surface area contributed by atoms with Crippen LogP contribution >= 0.6 is 0 Å². The van der Waals surface area contributed by atoms with Crippen molar-refractivity contribution in [3.63, 3.8) is 0 Å². The molecule has 160 valence electrons. The van der Waals surface area contributed by atoms with Crippen molar-refractivity contribution in [3.8, 4) is 0 Å². The van der Waals surface area contributed by atoms with Crippen LogP contribution in [0.25, 0.3) is 0 Å². The Morgan fingerprint density at radius 1 is 1.20 bits per heavy atom. The molecule has 1 aromatic heterocycles. The van der Waals surface area contributed by atoms with Crippen molar-refractivity contribution < 1.29 is 27.4 Å². The first-order valence-electron chi connectivity index (χ1n) is 8.89. The number of aliphatic hydroxyl groups is 1. The molecular weight excluding hydrogens is 406 g/mol. The average Bonchev–Trinajstić information content (AvgIpc) is 2.69. The van der Waals surface area contributed by atoms with Gasteiger partial charge >= 0.3 is 0 Å². The molecular formula is C19H19F4N5O2. The molecule has 1 aromatic carbocycles. The quantitative estimate of drug-likeness (QED) is 0.465. The number of alkyl halides is 3. The van der Waals surface area contributed by atoms with Crippen LogP contribution < -0.4 is 11.1 Å². The van der Waals surface area contributed by atoms with E-state index in [1.54, 1.807) is 6.92 Å². The smallest absolute Gasteiger partial charge is 0.287 e. The van der Waals surface area contributed by atoms with Crippen molar-refractivity contribution in [2.24, 2.45) is 10.7 Å². The number of hydrogen-bond donors (Lipinski definition) is 3. The Kier molecular flexibility index (Phi) is 6.50. The number of aliphatic imine (C=N–C) groups is 1. The van der Waals surface area contributed by atoms with Crippen LogP contribution in [-0.2, 0) is 11.2 Å². The minimum Gasteiger partial charge on any atom is -0.431 e. The summed E-state index contributed by atoms with van der Waals surface area (Å²) in [6, 6.07) is 2.70. The Labute approximate surface area is 169 Å². The van der Waals surface area contributed by atoms with Gasteiger partial charge in [-0.15, -0.1) is 0 Å². The molecule has 0 aliphatic carbocycles. The molecule has 0 radical (unpaired) electrons. The Balaban J connectivity index is 1.71. The molecule has 2 aromatic rings. The highest BCUT2D eigenvalue weighted by atomic mass is 19.3. The van der Waals surface area contributed by atoms with Crippen LogP contribution in [-0.4, -0.2) is 33.3 Å². The molecule has 0 saturated heterocycles. The number of benzene rings is 1. The number of aromatic nitrogens is 2. The number of hydrogen-bond acceptors (Lipinski definition) is 7. The average molecular weight is 425 g/mol. The zero-order valence-electron chi connectivity index (χ0n) is 15.8. The van der Waals surface area contributed by atoms with Crippen molar-refractivity contribution in [2.75, 3.05) is 5.32 Å². The van der Waals surface area contributed by atoms with Crippen LogP contribution in [0, 0.1) is 5.82 Å². The summed E-state index contributed by atoms with van der Waals surface area (Å²) in [5, 5.41) is 12.8. The molecule has 2 heterocycles. The Bertz CT molecular complexity index is 934. The summed E-state index contributed by atoms with van der Waals surface area (Å²) in [5.74, 6) is -0.239. The van der Waals surface area contributed by atoms with E-state index in [9.17, 15) is 22.7 Å². The third-order valence-corrected chi connectivity index (χ3v) is 4.28. The highest BCUT2D eigenvalue weighted by Gasteiger charge is 2.24. The fraction of sp³-hybridized carbons (Fsp3) is 0.316. The van der Waals surface area contributed by atoms with Crippen molar-refractivity contribution >= 4 is 11.7 Å². The SMILES string of the molecule is CC1=C[C@H](C(F)Cc2cc(NC(O)c3cnc(C(F)F)cn3)ccc2F)N=C(N)O1. The van der Waals surface area contributed by atoms with Crippen molar-refractivity contribution in [1.82, 2.24) is 9.97 Å². The van der Waals surface area contributed by atoms with E-state index in [2.05, 4.69) is 20.3 Å². The van der Waals surface area contributed by atoms with E-state index in [1.165, 1.54) is 18.2 Å². The minimum atomic E-state index is -2.78. The lowest BCUT2D eigenvalue weighted by Gasteiger charge is -2.20.